The van der Waals surface area contributed by atoms with Crippen LogP contribution in [-0.4, -0.2) is 33.6 Å². The van der Waals surface area contributed by atoms with Gasteiger partial charge in [0.25, 0.3) is 5.91 Å². The molecule has 0 spiro atoms. The maximum Gasteiger partial charge on any atom is 0.358 e. The van der Waals surface area contributed by atoms with Crippen molar-refractivity contribution in [1.82, 2.24) is 10.1 Å². The molecule has 2 heterocycles. The van der Waals surface area contributed by atoms with Gasteiger partial charge in [-0.15, -0.1) is 0 Å². The number of aromatic carboxylic acids is 1. The van der Waals surface area contributed by atoms with Gasteiger partial charge in [-0.3, -0.25) is 4.79 Å². The van der Waals surface area contributed by atoms with Crippen LogP contribution < -0.4 is 0 Å². The summed E-state index contributed by atoms with van der Waals surface area (Å²) in [6.45, 7) is 1.53. The van der Waals surface area contributed by atoms with Crippen LogP contribution in [0.2, 0.25) is 0 Å². The molecule has 0 atom stereocenters. The molecule has 1 aliphatic rings. The summed E-state index contributed by atoms with van der Waals surface area (Å²) in [5.74, 6) is -3.85. The molecule has 0 saturated carbocycles. The first-order chi connectivity index (χ1) is 10.9. The van der Waals surface area contributed by atoms with E-state index in [-0.39, 0.29) is 41.9 Å². The maximum absolute atomic E-state index is 14.0. The zero-order chi connectivity index (χ0) is 16.7. The highest BCUT2D eigenvalue weighted by Gasteiger charge is 2.31. The highest BCUT2D eigenvalue weighted by Crippen LogP contribution is 2.25. The molecule has 1 aliphatic heterocycles. The minimum atomic E-state index is -1.27. The van der Waals surface area contributed by atoms with Gasteiger partial charge in [-0.2, -0.15) is 0 Å². The molecule has 0 unspecified atom stereocenters. The number of carbonyl (C=O) groups is 2. The van der Waals surface area contributed by atoms with E-state index in [0.29, 0.717) is 5.76 Å². The SMILES string of the molecule is Cc1ccc(C(=O)N2CCc3onc(C(=O)O)c3C2)c(F)c1F. The molecular weight excluding hydrogens is 310 g/mol. The summed E-state index contributed by atoms with van der Waals surface area (Å²) in [5, 5.41) is 12.5. The molecule has 0 fully saturated rings. The molecule has 1 amide bonds. The van der Waals surface area contributed by atoms with Gasteiger partial charge >= 0.3 is 5.97 Å². The summed E-state index contributed by atoms with van der Waals surface area (Å²) in [6.07, 6.45) is 0.261. The fraction of sp³-hybridized carbons (Fsp3) is 0.267. The number of amides is 1. The number of aryl methyl sites for hydroxylation is 1. The van der Waals surface area contributed by atoms with Gasteiger partial charge in [0.2, 0.25) is 0 Å². The number of rotatable bonds is 2. The Morgan fingerprint density at radius 1 is 1.30 bits per heavy atom. The van der Waals surface area contributed by atoms with E-state index in [9.17, 15) is 18.4 Å². The molecule has 23 heavy (non-hydrogen) atoms. The van der Waals surface area contributed by atoms with Crippen LogP contribution in [0.5, 0.6) is 0 Å². The molecule has 0 bridgehead atoms. The Balaban J connectivity index is 1.92. The number of fused-ring (bicyclic) bond motifs is 1. The van der Waals surface area contributed by atoms with Crippen LogP contribution in [0.4, 0.5) is 8.78 Å². The Labute approximate surface area is 129 Å². The average molecular weight is 322 g/mol. The first-order valence-electron chi connectivity index (χ1n) is 6.84. The molecular formula is C15H12F2N2O4. The standard InChI is InChI=1S/C15H12F2N2O4/c1-7-2-3-8(12(17)11(7)16)14(20)19-5-4-10-9(6-19)13(15(21)22)18-23-10/h2-3H,4-6H2,1H3,(H,21,22). The van der Waals surface area contributed by atoms with Gasteiger partial charge in [-0.25, -0.2) is 13.6 Å². The quantitative estimate of drug-likeness (QED) is 0.916. The third-order valence-corrected chi connectivity index (χ3v) is 3.82. The van der Waals surface area contributed by atoms with Gasteiger partial charge in [0.15, 0.2) is 17.3 Å². The van der Waals surface area contributed by atoms with Crippen LogP contribution >= 0.6 is 0 Å². The molecule has 0 radical (unpaired) electrons. The predicted molar refractivity (Wildman–Crippen MR) is 73.0 cm³/mol. The number of nitrogens with zero attached hydrogens (tertiary/aromatic N) is 2. The second kappa shape index (κ2) is 5.45. The van der Waals surface area contributed by atoms with E-state index in [1.165, 1.54) is 24.0 Å². The lowest BCUT2D eigenvalue weighted by molar-refractivity contribution is 0.0672. The summed E-state index contributed by atoms with van der Waals surface area (Å²) in [4.78, 5) is 24.7. The topological polar surface area (TPSA) is 83.6 Å². The summed E-state index contributed by atoms with van der Waals surface area (Å²) < 4.78 is 32.5. The fourth-order valence-corrected chi connectivity index (χ4v) is 2.53. The summed E-state index contributed by atoms with van der Waals surface area (Å²) in [7, 11) is 0. The molecule has 1 N–H and O–H groups in total. The zero-order valence-electron chi connectivity index (χ0n) is 12.1. The van der Waals surface area contributed by atoms with E-state index in [4.69, 9.17) is 9.63 Å². The van der Waals surface area contributed by atoms with Crippen LogP contribution in [-0.2, 0) is 13.0 Å². The summed E-state index contributed by atoms with van der Waals surface area (Å²) >= 11 is 0. The predicted octanol–water partition coefficient (Wildman–Crippen LogP) is 2.16. The highest BCUT2D eigenvalue weighted by molar-refractivity contribution is 5.95. The number of aromatic nitrogens is 1. The lowest BCUT2D eigenvalue weighted by Gasteiger charge is -2.26. The molecule has 120 valence electrons. The number of hydrogen-bond donors (Lipinski definition) is 1. The van der Waals surface area contributed by atoms with Crippen LogP contribution in [0.3, 0.4) is 0 Å². The Kier molecular flexibility index (Phi) is 3.59. The van der Waals surface area contributed by atoms with Gasteiger partial charge in [-0.05, 0) is 18.6 Å². The zero-order valence-corrected chi connectivity index (χ0v) is 12.1. The van der Waals surface area contributed by atoms with Crippen molar-refractivity contribution in [1.29, 1.82) is 0 Å². The van der Waals surface area contributed by atoms with E-state index in [1.54, 1.807) is 0 Å². The molecule has 1 aromatic heterocycles. The van der Waals surface area contributed by atoms with Gasteiger partial charge in [0, 0.05) is 18.5 Å². The van der Waals surface area contributed by atoms with E-state index in [2.05, 4.69) is 5.16 Å². The first kappa shape index (κ1) is 15.1. The normalized spacial score (nSPS) is 13.8. The van der Waals surface area contributed by atoms with Crippen molar-refractivity contribution in [3.05, 3.63) is 51.9 Å². The lowest BCUT2D eigenvalue weighted by Crippen LogP contribution is -2.36. The second-order valence-electron chi connectivity index (χ2n) is 5.27. The number of hydrogen-bond acceptors (Lipinski definition) is 4. The van der Waals surface area contributed by atoms with E-state index < -0.39 is 23.5 Å². The van der Waals surface area contributed by atoms with Gasteiger partial charge in [0.05, 0.1) is 12.1 Å². The molecule has 0 aliphatic carbocycles. The molecule has 1 aromatic carbocycles. The van der Waals surface area contributed by atoms with E-state index >= 15 is 0 Å². The summed E-state index contributed by atoms with van der Waals surface area (Å²) in [5.41, 5.74) is -0.268. The Morgan fingerprint density at radius 3 is 2.74 bits per heavy atom. The molecule has 2 aromatic rings. The van der Waals surface area contributed by atoms with Crippen molar-refractivity contribution >= 4 is 11.9 Å². The van der Waals surface area contributed by atoms with Crippen molar-refractivity contribution in [2.24, 2.45) is 0 Å². The monoisotopic (exact) mass is 322 g/mol. The number of carboxylic acids is 1. The summed E-state index contributed by atoms with van der Waals surface area (Å²) in [6, 6.07) is 2.54. The van der Waals surface area contributed by atoms with Crippen molar-refractivity contribution in [2.75, 3.05) is 6.54 Å². The Morgan fingerprint density at radius 2 is 2.04 bits per heavy atom. The van der Waals surface area contributed by atoms with Crippen molar-refractivity contribution in [3.63, 3.8) is 0 Å². The highest BCUT2D eigenvalue weighted by atomic mass is 19.2. The number of benzene rings is 1. The number of carboxylic acid groups (broad SMARTS) is 1. The van der Waals surface area contributed by atoms with Gasteiger partial charge in [0.1, 0.15) is 5.76 Å². The van der Waals surface area contributed by atoms with E-state index in [0.717, 1.165) is 0 Å². The third-order valence-electron chi connectivity index (χ3n) is 3.82. The van der Waals surface area contributed by atoms with Crippen LogP contribution in [0.25, 0.3) is 0 Å². The Bertz CT molecular complexity index is 816. The third kappa shape index (κ3) is 2.45. The van der Waals surface area contributed by atoms with Gasteiger partial charge < -0.3 is 14.5 Å². The fourth-order valence-electron chi connectivity index (χ4n) is 2.53. The van der Waals surface area contributed by atoms with Gasteiger partial charge in [-0.1, -0.05) is 11.2 Å². The van der Waals surface area contributed by atoms with Crippen LogP contribution in [0, 0.1) is 18.6 Å². The van der Waals surface area contributed by atoms with Crippen molar-refractivity contribution < 1.29 is 28.0 Å². The smallest absolute Gasteiger partial charge is 0.358 e. The van der Waals surface area contributed by atoms with Crippen molar-refractivity contribution in [3.8, 4) is 0 Å². The maximum atomic E-state index is 14.0. The number of halogens is 2. The molecule has 6 nitrogen and oxygen atoms in total. The average Bonchev–Trinajstić information content (AvgIpc) is 2.95. The largest absolute Gasteiger partial charge is 0.476 e. The lowest BCUT2D eigenvalue weighted by atomic mass is 10.0. The van der Waals surface area contributed by atoms with E-state index in [1.807, 2.05) is 0 Å². The van der Waals surface area contributed by atoms with Crippen LogP contribution in [0.1, 0.15) is 37.7 Å². The first-order valence-corrected chi connectivity index (χ1v) is 6.84. The minimum absolute atomic E-state index is 0.0752. The molecule has 0 saturated heterocycles. The minimum Gasteiger partial charge on any atom is -0.476 e. The second-order valence-corrected chi connectivity index (χ2v) is 5.27. The van der Waals surface area contributed by atoms with Crippen LogP contribution in [0.15, 0.2) is 16.7 Å². The molecule has 3 rings (SSSR count). The molecule has 8 heteroatoms. The number of carbonyl (C=O) groups excluding carboxylic acids is 1. The van der Waals surface area contributed by atoms with Crippen molar-refractivity contribution in [2.45, 2.75) is 19.9 Å². The Hall–Kier alpha value is -2.77.